The minimum Gasteiger partial charge on any atom is -0.388 e. The van der Waals surface area contributed by atoms with Gasteiger partial charge >= 0.3 is 0 Å². The molecule has 0 spiro atoms. The van der Waals surface area contributed by atoms with Gasteiger partial charge in [-0.1, -0.05) is 34.1 Å². The minimum absolute atomic E-state index is 0.171. The first kappa shape index (κ1) is 14.4. The predicted molar refractivity (Wildman–Crippen MR) is 88.1 cm³/mol. The van der Waals surface area contributed by atoms with Gasteiger partial charge in [0.2, 0.25) is 0 Å². The van der Waals surface area contributed by atoms with Crippen molar-refractivity contribution in [2.75, 3.05) is 0 Å². The van der Waals surface area contributed by atoms with E-state index >= 15 is 0 Å². The Hall–Kier alpha value is -1.50. The third kappa shape index (κ3) is 2.79. The van der Waals surface area contributed by atoms with Crippen molar-refractivity contribution in [1.82, 2.24) is 14.8 Å². The van der Waals surface area contributed by atoms with Crippen molar-refractivity contribution >= 4 is 31.9 Å². The van der Waals surface area contributed by atoms with Gasteiger partial charge in [0.15, 0.2) is 11.6 Å². The molecule has 0 aliphatic carbocycles. The molecule has 0 aliphatic heterocycles. The number of aliphatic hydroxyl groups excluding tert-OH is 1. The Kier molecular flexibility index (Phi) is 4.19. The lowest BCUT2D eigenvalue weighted by atomic mass is 10.2. The predicted octanol–water partition coefficient (Wildman–Crippen LogP) is 3.95. The van der Waals surface area contributed by atoms with E-state index in [2.05, 4.69) is 42.1 Å². The number of benzene rings is 2. The van der Waals surface area contributed by atoms with Crippen molar-refractivity contribution in [1.29, 1.82) is 0 Å². The molecular weight excluding hydrogens is 398 g/mol. The second-order valence-corrected chi connectivity index (χ2v) is 6.16. The van der Waals surface area contributed by atoms with E-state index in [0.29, 0.717) is 11.6 Å². The molecule has 2 aromatic carbocycles. The van der Waals surface area contributed by atoms with Crippen LogP contribution in [-0.4, -0.2) is 19.9 Å². The Balaban J connectivity index is 2.22. The Morgan fingerprint density at radius 2 is 1.76 bits per heavy atom. The summed E-state index contributed by atoms with van der Waals surface area (Å²) in [7, 11) is 0. The maximum Gasteiger partial charge on any atom is 0.169 e. The molecule has 106 valence electrons. The van der Waals surface area contributed by atoms with E-state index < -0.39 is 0 Å². The van der Waals surface area contributed by atoms with Crippen LogP contribution in [0.25, 0.3) is 17.1 Å². The fourth-order valence-corrected chi connectivity index (χ4v) is 3.34. The van der Waals surface area contributed by atoms with Crippen molar-refractivity contribution in [3.63, 3.8) is 0 Å². The summed E-state index contributed by atoms with van der Waals surface area (Å²) in [4.78, 5) is 0. The molecular formula is C15H11Br2N3O. The second kappa shape index (κ2) is 6.09. The van der Waals surface area contributed by atoms with Gasteiger partial charge in [-0.05, 0) is 46.3 Å². The molecule has 0 amide bonds. The van der Waals surface area contributed by atoms with Crippen LogP contribution in [0.4, 0.5) is 0 Å². The van der Waals surface area contributed by atoms with Crippen LogP contribution in [0.5, 0.6) is 0 Å². The molecule has 1 aromatic heterocycles. The quantitative estimate of drug-likeness (QED) is 0.713. The van der Waals surface area contributed by atoms with Gasteiger partial charge in [-0.15, -0.1) is 10.2 Å². The average Bonchev–Trinajstić information content (AvgIpc) is 2.92. The minimum atomic E-state index is -0.171. The lowest BCUT2D eigenvalue weighted by molar-refractivity contribution is 0.269. The van der Waals surface area contributed by atoms with Crippen LogP contribution in [0.1, 0.15) is 5.82 Å². The molecule has 0 saturated heterocycles. The van der Waals surface area contributed by atoms with Gasteiger partial charge in [0, 0.05) is 20.2 Å². The standard InChI is InChI=1S/C15H11Br2N3O/c16-10-6-7-12(13(17)8-10)15-19-18-14(9-21)20(15)11-4-2-1-3-5-11/h1-8,21H,9H2. The van der Waals surface area contributed by atoms with E-state index in [1.54, 1.807) is 0 Å². The van der Waals surface area contributed by atoms with Crippen molar-refractivity contribution in [2.24, 2.45) is 0 Å². The molecule has 0 radical (unpaired) electrons. The first-order chi connectivity index (χ1) is 10.2. The molecule has 0 atom stereocenters. The summed E-state index contributed by atoms with van der Waals surface area (Å²) in [6.45, 7) is -0.171. The van der Waals surface area contributed by atoms with Crippen molar-refractivity contribution in [3.05, 3.63) is 63.3 Å². The summed E-state index contributed by atoms with van der Waals surface area (Å²) < 4.78 is 3.74. The van der Waals surface area contributed by atoms with Gasteiger partial charge in [-0.3, -0.25) is 4.57 Å². The highest BCUT2D eigenvalue weighted by molar-refractivity contribution is 9.11. The number of para-hydroxylation sites is 1. The van der Waals surface area contributed by atoms with Crippen molar-refractivity contribution < 1.29 is 5.11 Å². The number of rotatable bonds is 3. The van der Waals surface area contributed by atoms with Crippen LogP contribution in [0, 0.1) is 0 Å². The monoisotopic (exact) mass is 407 g/mol. The van der Waals surface area contributed by atoms with E-state index in [0.717, 1.165) is 20.2 Å². The number of hydrogen-bond donors (Lipinski definition) is 1. The van der Waals surface area contributed by atoms with Crippen LogP contribution in [-0.2, 0) is 6.61 Å². The highest BCUT2D eigenvalue weighted by Gasteiger charge is 2.16. The van der Waals surface area contributed by atoms with Gasteiger partial charge in [0.1, 0.15) is 6.61 Å². The normalized spacial score (nSPS) is 10.8. The number of hydrogen-bond acceptors (Lipinski definition) is 3. The molecule has 1 N–H and O–H groups in total. The van der Waals surface area contributed by atoms with Crippen molar-refractivity contribution in [3.8, 4) is 17.1 Å². The molecule has 0 aliphatic rings. The molecule has 4 nitrogen and oxygen atoms in total. The van der Waals surface area contributed by atoms with Crippen LogP contribution < -0.4 is 0 Å². The number of aliphatic hydroxyl groups is 1. The molecule has 6 heteroatoms. The SMILES string of the molecule is OCc1nnc(-c2ccc(Br)cc2Br)n1-c1ccccc1. The van der Waals surface area contributed by atoms with E-state index in [-0.39, 0.29) is 6.61 Å². The van der Waals surface area contributed by atoms with Crippen LogP contribution in [0.3, 0.4) is 0 Å². The molecule has 3 aromatic rings. The topological polar surface area (TPSA) is 50.9 Å². The first-order valence-electron chi connectivity index (χ1n) is 6.26. The average molecular weight is 409 g/mol. The third-order valence-electron chi connectivity index (χ3n) is 3.06. The van der Waals surface area contributed by atoms with Crippen LogP contribution in [0.2, 0.25) is 0 Å². The summed E-state index contributed by atoms with van der Waals surface area (Å²) in [6.07, 6.45) is 0. The maximum absolute atomic E-state index is 9.51. The van der Waals surface area contributed by atoms with Gasteiger partial charge in [0.05, 0.1) is 0 Å². The Morgan fingerprint density at radius 1 is 1.00 bits per heavy atom. The lowest BCUT2D eigenvalue weighted by Crippen LogP contribution is -2.03. The van der Waals surface area contributed by atoms with E-state index in [1.807, 2.05) is 53.1 Å². The zero-order chi connectivity index (χ0) is 14.8. The Labute approximate surface area is 138 Å². The van der Waals surface area contributed by atoms with Gasteiger partial charge in [-0.25, -0.2) is 0 Å². The van der Waals surface area contributed by atoms with E-state index in [9.17, 15) is 5.11 Å². The van der Waals surface area contributed by atoms with Crippen LogP contribution in [0.15, 0.2) is 57.5 Å². The summed E-state index contributed by atoms with van der Waals surface area (Å²) in [6, 6.07) is 15.6. The van der Waals surface area contributed by atoms with E-state index in [1.165, 1.54) is 0 Å². The first-order valence-corrected chi connectivity index (χ1v) is 7.85. The van der Waals surface area contributed by atoms with E-state index in [4.69, 9.17) is 0 Å². The van der Waals surface area contributed by atoms with Gasteiger partial charge in [0.25, 0.3) is 0 Å². The van der Waals surface area contributed by atoms with Crippen molar-refractivity contribution in [2.45, 2.75) is 6.61 Å². The highest BCUT2D eigenvalue weighted by Crippen LogP contribution is 2.31. The van der Waals surface area contributed by atoms with Gasteiger partial charge < -0.3 is 5.11 Å². The van der Waals surface area contributed by atoms with Crippen LogP contribution >= 0.6 is 31.9 Å². The highest BCUT2D eigenvalue weighted by atomic mass is 79.9. The fourth-order valence-electron chi connectivity index (χ4n) is 2.11. The smallest absolute Gasteiger partial charge is 0.169 e. The van der Waals surface area contributed by atoms with Gasteiger partial charge in [-0.2, -0.15) is 0 Å². The molecule has 0 unspecified atom stereocenters. The largest absolute Gasteiger partial charge is 0.388 e. The third-order valence-corrected chi connectivity index (χ3v) is 4.21. The fraction of sp³-hybridized carbons (Fsp3) is 0.0667. The summed E-state index contributed by atoms with van der Waals surface area (Å²) in [5.41, 5.74) is 1.82. The number of aromatic nitrogens is 3. The summed E-state index contributed by atoms with van der Waals surface area (Å²) in [5.74, 6) is 1.19. The number of nitrogens with zero attached hydrogens (tertiary/aromatic N) is 3. The Morgan fingerprint density at radius 3 is 2.43 bits per heavy atom. The molecule has 1 heterocycles. The molecule has 0 saturated carbocycles. The summed E-state index contributed by atoms with van der Waals surface area (Å²) >= 11 is 6.99. The maximum atomic E-state index is 9.51. The zero-order valence-electron chi connectivity index (χ0n) is 10.9. The molecule has 0 bridgehead atoms. The molecule has 21 heavy (non-hydrogen) atoms. The Bertz CT molecular complexity index is 772. The summed E-state index contributed by atoms with van der Waals surface area (Å²) in [5, 5.41) is 17.8. The zero-order valence-corrected chi connectivity index (χ0v) is 14.0. The second-order valence-electron chi connectivity index (χ2n) is 4.39. The molecule has 0 fully saturated rings. The number of halogens is 2. The lowest BCUT2D eigenvalue weighted by Gasteiger charge is -2.10. The molecule has 3 rings (SSSR count).